The van der Waals surface area contributed by atoms with E-state index < -0.39 is 0 Å². The van der Waals surface area contributed by atoms with E-state index in [2.05, 4.69) is 21.9 Å². The molecule has 1 heterocycles. The quantitative estimate of drug-likeness (QED) is 0.800. The maximum Gasteiger partial charge on any atom is 0.161 e. The lowest BCUT2D eigenvalue weighted by Gasteiger charge is -2.36. The van der Waals surface area contributed by atoms with Gasteiger partial charge >= 0.3 is 0 Å². The Labute approximate surface area is 148 Å². The summed E-state index contributed by atoms with van der Waals surface area (Å²) in [4.78, 5) is 4.73. The third-order valence-electron chi connectivity index (χ3n) is 4.50. The van der Waals surface area contributed by atoms with Crippen molar-refractivity contribution in [3.05, 3.63) is 53.8 Å². The highest BCUT2D eigenvalue weighted by atomic mass is 19.1. The van der Waals surface area contributed by atoms with E-state index in [0.717, 1.165) is 49.9 Å². The minimum absolute atomic E-state index is 0.188. The highest BCUT2D eigenvalue weighted by Crippen LogP contribution is 2.28. The van der Waals surface area contributed by atoms with E-state index in [1.807, 2.05) is 25.1 Å². The molecule has 0 aromatic heterocycles. The average Bonchev–Trinajstić information content (AvgIpc) is 2.64. The first-order chi connectivity index (χ1) is 12.2. The standard InChI is InChI=1S/C20H25FN2O2/c1-3-25-20-14-16(4-9-19(20)24-2)15-22-10-12-23(13-11-22)18-7-5-17(21)6-8-18/h4-9,14H,3,10-13,15H2,1-2H3. The monoisotopic (exact) mass is 344 g/mol. The van der Waals surface area contributed by atoms with E-state index in [9.17, 15) is 4.39 Å². The second-order valence-corrected chi connectivity index (χ2v) is 6.16. The molecule has 1 saturated heterocycles. The summed E-state index contributed by atoms with van der Waals surface area (Å²) in [7, 11) is 1.66. The molecule has 3 rings (SSSR count). The van der Waals surface area contributed by atoms with Crippen molar-refractivity contribution in [1.82, 2.24) is 4.90 Å². The zero-order valence-electron chi connectivity index (χ0n) is 14.9. The van der Waals surface area contributed by atoms with Crippen LogP contribution >= 0.6 is 0 Å². The number of hydrogen-bond donors (Lipinski definition) is 0. The van der Waals surface area contributed by atoms with Crippen molar-refractivity contribution in [2.75, 3.05) is 44.8 Å². The fraction of sp³-hybridized carbons (Fsp3) is 0.400. The smallest absolute Gasteiger partial charge is 0.161 e. The molecule has 1 aliphatic heterocycles. The van der Waals surface area contributed by atoms with Crippen LogP contribution in [0.25, 0.3) is 0 Å². The minimum atomic E-state index is -0.188. The van der Waals surface area contributed by atoms with Gasteiger partial charge in [0.15, 0.2) is 11.5 Å². The Bertz CT molecular complexity index is 683. The molecule has 4 nitrogen and oxygen atoms in total. The molecule has 2 aromatic carbocycles. The van der Waals surface area contributed by atoms with E-state index in [1.165, 1.54) is 17.7 Å². The predicted molar refractivity (Wildman–Crippen MR) is 98.1 cm³/mol. The SMILES string of the molecule is CCOc1cc(CN2CCN(c3ccc(F)cc3)CC2)ccc1OC. The second kappa shape index (κ2) is 8.21. The van der Waals surface area contributed by atoms with Crippen molar-refractivity contribution in [3.8, 4) is 11.5 Å². The fourth-order valence-corrected chi connectivity index (χ4v) is 3.16. The summed E-state index contributed by atoms with van der Waals surface area (Å²) in [6, 6.07) is 12.9. The summed E-state index contributed by atoms with van der Waals surface area (Å²) < 4.78 is 24.1. The number of ether oxygens (including phenoxy) is 2. The summed E-state index contributed by atoms with van der Waals surface area (Å²) in [5.41, 5.74) is 2.31. The molecule has 5 heteroatoms. The van der Waals surface area contributed by atoms with Crippen LogP contribution in [0.3, 0.4) is 0 Å². The van der Waals surface area contributed by atoms with Gasteiger partial charge in [-0.3, -0.25) is 4.90 Å². The molecule has 1 aliphatic rings. The second-order valence-electron chi connectivity index (χ2n) is 6.16. The number of methoxy groups -OCH3 is 1. The molecular weight excluding hydrogens is 319 g/mol. The lowest BCUT2D eigenvalue weighted by atomic mass is 10.1. The predicted octanol–water partition coefficient (Wildman–Crippen LogP) is 3.56. The van der Waals surface area contributed by atoms with Crippen LogP contribution in [-0.4, -0.2) is 44.8 Å². The van der Waals surface area contributed by atoms with Gasteiger partial charge in [0.2, 0.25) is 0 Å². The van der Waals surface area contributed by atoms with Crippen LogP contribution in [-0.2, 0) is 6.54 Å². The Morgan fingerprint density at radius 2 is 1.68 bits per heavy atom. The van der Waals surface area contributed by atoms with Crippen molar-refractivity contribution in [1.29, 1.82) is 0 Å². The molecule has 0 spiro atoms. The summed E-state index contributed by atoms with van der Waals surface area (Å²) in [6.45, 7) is 7.33. The third kappa shape index (κ3) is 4.42. The number of benzene rings is 2. The summed E-state index contributed by atoms with van der Waals surface area (Å²) in [5, 5.41) is 0. The fourth-order valence-electron chi connectivity index (χ4n) is 3.16. The Kier molecular flexibility index (Phi) is 5.76. The molecule has 0 atom stereocenters. The van der Waals surface area contributed by atoms with Crippen LogP contribution in [0.5, 0.6) is 11.5 Å². The van der Waals surface area contributed by atoms with Crippen molar-refractivity contribution in [3.63, 3.8) is 0 Å². The van der Waals surface area contributed by atoms with E-state index in [1.54, 1.807) is 7.11 Å². The summed E-state index contributed by atoms with van der Waals surface area (Å²) in [5.74, 6) is 1.38. The molecule has 0 aliphatic carbocycles. The molecule has 0 bridgehead atoms. The zero-order valence-corrected chi connectivity index (χ0v) is 14.9. The van der Waals surface area contributed by atoms with Gasteiger partial charge in [0.1, 0.15) is 5.82 Å². The van der Waals surface area contributed by atoms with Gasteiger partial charge in [-0.2, -0.15) is 0 Å². The largest absolute Gasteiger partial charge is 0.493 e. The van der Waals surface area contributed by atoms with E-state index in [0.29, 0.717) is 6.61 Å². The molecule has 0 amide bonds. The number of halogens is 1. The first-order valence-corrected chi connectivity index (χ1v) is 8.72. The topological polar surface area (TPSA) is 24.9 Å². The first kappa shape index (κ1) is 17.5. The normalized spacial score (nSPS) is 15.2. The number of nitrogens with zero attached hydrogens (tertiary/aromatic N) is 2. The number of piperazine rings is 1. The minimum Gasteiger partial charge on any atom is -0.493 e. The molecule has 0 radical (unpaired) electrons. The van der Waals surface area contributed by atoms with Gasteiger partial charge in [-0.15, -0.1) is 0 Å². The highest BCUT2D eigenvalue weighted by molar-refractivity contribution is 5.47. The number of anilines is 1. The lowest BCUT2D eigenvalue weighted by Crippen LogP contribution is -2.45. The molecule has 0 unspecified atom stereocenters. The van der Waals surface area contributed by atoms with Crippen molar-refractivity contribution < 1.29 is 13.9 Å². The molecule has 0 N–H and O–H groups in total. The van der Waals surface area contributed by atoms with Crippen LogP contribution < -0.4 is 14.4 Å². The van der Waals surface area contributed by atoms with Crippen LogP contribution in [0.2, 0.25) is 0 Å². The lowest BCUT2D eigenvalue weighted by molar-refractivity contribution is 0.249. The van der Waals surface area contributed by atoms with Gasteiger partial charge in [0, 0.05) is 38.4 Å². The van der Waals surface area contributed by atoms with Crippen LogP contribution in [0, 0.1) is 5.82 Å². The maximum atomic E-state index is 13.1. The Morgan fingerprint density at radius 3 is 2.32 bits per heavy atom. The van der Waals surface area contributed by atoms with Gasteiger partial charge in [0.05, 0.1) is 13.7 Å². The van der Waals surface area contributed by atoms with E-state index >= 15 is 0 Å². The highest BCUT2D eigenvalue weighted by Gasteiger charge is 2.18. The summed E-state index contributed by atoms with van der Waals surface area (Å²) >= 11 is 0. The Balaban J connectivity index is 1.58. The Hall–Kier alpha value is -2.27. The molecule has 2 aromatic rings. The third-order valence-corrected chi connectivity index (χ3v) is 4.50. The number of rotatable bonds is 6. The van der Waals surface area contributed by atoms with Crippen molar-refractivity contribution in [2.24, 2.45) is 0 Å². The van der Waals surface area contributed by atoms with Gasteiger partial charge in [0.25, 0.3) is 0 Å². The van der Waals surface area contributed by atoms with E-state index in [-0.39, 0.29) is 5.82 Å². The van der Waals surface area contributed by atoms with Crippen molar-refractivity contribution >= 4 is 5.69 Å². The van der Waals surface area contributed by atoms with Gasteiger partial charge in [-0.25, -0.2) is 4.39 Å². The molecule has 134 valence electrons. The average molecular weight is 344 g/mol. The van der Waals surface area contributed by atoms with Crippen LogP contribution in [0.15, 0.2) is 42.5 Å². The van der Waals surface area contributed by atoms with Crippen LogP contribution in [0.1, 0.15) is 12.5 Å². The van der Waals surface area contributed by atoms with Crippen LogP contribution in [0.4, 0.5) is 10.1 Å². The van der Waals surface area contributed by atoms with Gasteiger partial charge in [-0.05, 0) is 48.9 Å². The van der Waals surface area contributed by atoms with Gasteiger partial charge in [-0.1, -0.05) is 6.07 Å². The molecule has 0 saturated carbocycles. The van der Waals surface area contributed by atoms with Crippen molar-refractivity contribution in [2.45, 2.75) is 13.5 Å². The maximum absolute atomic E-state index is 13.1. The number of hydrogen-bond acceptors (Lipinski definition) is 4. The first-order valence-electron chi connectivity index (χ1n) is 8.72. The summed E-state index contributed by atoms with van der Waals surface area (Å²) in [6.07, 6.45) is 0. The Morgan fingerprint density at radius 1 is 0.960 bits per heavy atom. The molecule has 25 heavy (non-hydrogen) atoms. The molecule has 1 fully saturated rings. The zero-order chi connectivity index (χ0) is 17.6. The van der Waals surface area contributed by atoms with Gasteiger partial charge < -0.3 is 14.4 Å². The molecular formula is C20H25FN2O2. The van der Waals surface area contributed by atoms with E-state index in [4.69, 9.17) is 9.47 Å².